The second kappa shape index (κ2) is 13.9. The van der Waals surface area contributed by atoms with Crippen molar-refractivity contribution in [2.75, 3.05) is 31.1 Å². The highest BCUT2D eigenvalue weighted by atomic mass is 32.2. The molecular formula is C34H39N3O7S2. The van der Waals surface area contributed by atoms with Gasteiger partial charge < -0.3 is 19.6 Å². The number of piperazine rings is 1. The highest BCUT2D eigenvalue weighted by Gasteiger charge is 2.46. The van der Waals surface area contributed by atoms with Crippen LogP contribution in [-0.2, 0) is 26.2 Å². The fourth-order valence-electron chi connectivity index (χ4n) is 6.97. The number of carbonyl (C=O) groups is 3. The quantitative estimate of drug-likeness (QED) is 0.321. The largest absolute Gasteiger partial charge is 0.477 e. The normalized spacial score (nSPS) is 20.5. The van der Waals surface area contributed by atoms with Crippen LogP contribution in [0.3, 0.4) is 0 Å². The van der Waals surface area contributed by atoms with Gasteiger partial charge in [-0.2, -0.15) is 4.31 Å². The van der Waals surface area contributed by atoms with Crippen molar-refractivity contribution in [3.8, 4) is 10.4 Å². The lowest BCUT2D eigenvalue weighted by Gasteiger charge is -2.46. The van der Waals surface area contributed by atoms with Gasteiger partial charge in [-0.15, -0.1) is 11.3 Å². The number of piperidine rings is 1. The van der Waals surface area contributed by atoms with E-state index in [1.54, 1.807) is 11.0 Å². The molecule has 3 fully saturated rings. The summed E-state index contributed by atoms with van der Waals surface area (Å²) in [6.45, 7) is 0.411. The molecule has 12 heteroatoms. The number of hydrogen-bond donors (Lipinski definition) is 1. The Morgan fingerprint density at radius 3 is 2.22 bits per heavy atom. The Morgan fingerprint density at radius 2 is 1.57 bits per heavy atom. The minimum atomic E-state index is -3.87. The van der Waals surface area contributed by atoms with Gasteiger partial charge in [0, 0.05) is 24.5 Å². The molecule has 2 amide bonds. The van der Waals surface area contributed by atoms with E-state index in [0.29, 0.717) is 5.69 Å². The lowest BCUT2D eigenvalue weighted by Crippen LogP contribution is -2.62. The standard InChI is InChI=1S/C34H39N3O7S2/c38-31-22-36(46(42,43)27-16-18-35(19-17-27)34(41)44-23-24-10-4-1-5-11-24)21-29(25-12-6-2-7-13-25)37(31)28-20-30(45-32(28)33(39)40)26-14-8-3-9-15-26/h1,3-5,8-11,14-15,20,25,27,29H,2,6-7,12-13,16-19,21-23H2,(H,39,40). The molecule has 1 aromatic heterocycles. The van der Waals surface area contributed by atoms with Crippen LogP contribution in [0, 0.1) is 5.92 Å². The van der Waals surface area contributed by atoms with E-state index in [1.165, 1.54) is 9.21 Å². The number of carboxylic acid groups (broad SMARTS) is 1. The molecule has 0 bridgehead atoms. The zero-order valence-corrected chi connectivity index (χ0v) is 27.3. The number of hydrogen-bond acceptors (Lipinski definition) is 7. The van der Waals surface area contributed by atoms with Gasteiger partial charge in [-0.3, -0.25) is 4.79 Å². The van der Waals surface area contributed by atoms with Gasteiger partial charge in [0.2, 0.25) is 15.9 Å². The summed E-state index contributed by atoms with van der Waals surface area (Å²) >= 11 is 1.13. The molecule has 1 saturated carbocycles. The molecule has 1 atom stereocenters. The number of rotatable bonds is 8. The Balaban J connectivity index is 1.19. The molecule has 3 aliphatic rings. The Morgan fingerprint density at radius 1 is 0.913 bits per heavy atom. The minimum Gasteiger partial charge on any atom is -0.477 e. The van der Waals surface area contributed by atoms with Gasteiger partial charge in [0.05, 0.1) is 23.5 Å². The fourth-order valence-corrected chi connectivity index (χ4v) is 9.84. The van der Waals surface area contributed by atoms with Crippen LogP contribution in [-0.4, -0.2) is 78.2 Å². The summed E-state index contributed by atoms with van der Waals surface area (Å²) in [5, 5.41) is 9.45. The molecule has 1 N–H and O–H groups in total. The summed E-state index contributed by atoms with van der Waals surface area (Å²) in [7, 11) is -3.87. The molecule has 3 aromatic rings. The number of aromatic carboxylic acids is 1. The van der Waals surface area contributed by atoms with Crippen molar-refractivity contribution in [1.29, 1.82) is 0 Å². The first-order chi connectivity index (χ1) is 22.2. The first-order valence-corrected chi connectivity index (χ1v) is 18.2. The minimum absolute atomic E-state index is 0.0543. The lowest BCUT2D eigenvalue weighted by molar-refractivity contribution is -0.121. The number of nitrogens with zero attached hydrogens (tertiary/aromatic N) is 3. The summed E-state index contributed by atoms with van der Waals surface area (Å²) in [5.41, 5.74) is 2.08. The third-order valence-electron chi connectivity index (χ3n) is 9.41. The fraction of sp³-hybridized carbons (Fsp3) is 0.441. The van der Waals surface area contributed by atoms with Crippen molar-refractivity contribution in [3.05, 3.63) is 77.2 Å². The third kappa shape index (κ3) is 6.84. The molecular weight excluding hydrogens is 627 g/mol. The van der Waals surface area contributed by atoms with E-state index in [0.717, 1.165) is 59.4 Å². The van der Waals surface area contributed by atoms with Gasteiger partial charge in [0.1, 0.15) is 11.5 Å². The molecule has 46 heavy (non-hydrogen) atoms. The Labute approximate surface area is 273 Å². The number of ether oxygens (including phenoxy) is 1. The maximum Gasteiger partial charge on any atom is 0.410 e. The van der Waals surface area contributed by atoms with E-state index in [2.05, 4.69) is 0 Å². The molecule has 3 heterocycles. The van der Waals surface area contributed by atoms with Crippen LogP contribution in [0.2, 0.25) is 0 Å². The van der Waals surface area contributed by atoms with Crippen LogP contribution in [0.25, 0.3) is 10.4 Å². The lowest BCUT2D eigenvalue weighted by atomic mass is 9.82. The number of carbonyl (C=O) groups excluding carboxylic acids is 2. The topological polar surface area (TPSA) is 125 Å². The van der Waals surface area contributed by atoms with Gasteiger partial charge in [-0.1, -0.05) is 79.9 Å². The van der Waals surface area contributed by atoms with Crippen molar-refractivity contribution < 1.29 is 32.6 Å². The molecule has 10 nitrogen and oxygen atoms in total. The number of anilines is 1. The number of likely N-dealkylation sites (tertiary alicyclic amines) is 1. The summed E-state index contributed by atoms with van der Waals surface area (Å²) in [4.78, 5) is 43.1. The zero-order valence-electron chi connectivity index (χ0n) is 25.6. The van der Waals surface area contributed by atoms with Gasteiger partial charge in [0.15, 0.2) is 0 Å². The third-order valence-corrected chi connectivity index (χ3v) is 12.9. The summed E-state index contributed by atoms with van der Waals surface area (Å²) < 4.78 is 34.8. The maximum atomic E-state index is 14.0. The highest BCUT2D eigenvalue weighted by molar-refractivity contribution is 7.89. The zero-order chi connectivity index (χ0) is 32.3. The van der Waals surface area contributed by atoms with E-state index in [-0.39, 0.29) is 56.4 Å². The molecule has 2 aromatic carbocycles. The summed E-state index contributed by atoms with van der Waals surface area (Å²) in [5.74, 6) is -1.47. The van der Waals surface area contributed by atoms with Gasteiger partial charge in [-0.25, -0.2) is 18.0 Å². The van der Waals surface area contributed by atoms with Crippen molar-refractivity contribution in [2.24, 2.45) is 5.92 Å². The highest BCUT2D eigenvalue weighted by Crippen LogP contribution is 2.42. The molecule has 244 valence electrons. The summed E-state index contributed by atoms with van der Waals surface area (Å²) in [6.07, 6.45) is 4.79. The van der Waals surface area contributed by atoms with E-state index in [4.69, 9.17) is 4.74 Å². The van der Waals surface area contributed by atoms with Crippen molar-refractivity contribution >= 4 is 45.0 Å². The molecule has 1 unspecified atom stereocenters. The predicted octanol–water partition coefficient (Wildman–Crippen LogP) is 5.84. The van der Waals surface area contributed by atoms with Crippen LogP contribution in [0.1, 0.15) is 60.2 Å². The molecule has 6 rings (SSSR count). The number of thiophene rings is 1. The number of carboxylic acids is 1. The van der Waals surface area contributed by atoms with Crippen LogP contribution >= 0.6 is 11.3 Å². The number of benzene rings is 2. The van der Waals surface area contributed by atoms with E-state index in [1.807, 2.05) is 60.7 Å². The Kier molecular flexibility index (Phi) is 9.76. The number of amides is 2. The first kappa shape index (κ1) is 32.2. The van der Waals surface area contributed by atoms with Gasteiger partial charge in [-0.05, 0) is 48.8 Å². The second-order valence-corrected chi connectivity index (χ2v) is 15.6. The predicted molar refractivity (Wildman–Crippen MR) is 176 cm³/mol. The van der Waals surface area contributed by atoms with Crippen LogP contribution < -0.4 is 4.90 Å². The average molecular weight is 666 g/mol. The van der Waals surface area contributed by atoms with Crippen LogP contribution in [0.15, 0.2) is 66.7 Å². The smallest absolute Gasteiger partial charge is 0.410 e. The van der Waals surface area contributed by atoms with Crippen LogP contribution in [0.5, 0.6) is 0 Å². The van der Waals surface area contributed by atoms with E-state index < -0.39 is 39.3 Å². The SMILES string of the molecule is O=C(O)c1sc(-c2ccccc2)cc1N1C(=O)CN(S(=O)(=O)C2CCN(C(=O)OCc3ccccc3)CC2)CC1C1CCCCC1. The molecule has 2 aliphatic heterocycles. The molecule has 1 aliphatic carbocycles. The van der Waals surface area contributed by atoms with E-state index >= 15 is 0 Å². The average Bonchev–Trinajstić information content (AvgIpc) is 3.54. The van der Waals surface area contributed by atoms with Crippen molar-refractivity contribution in [3.63, 3.8) is 0 Å². The molecule has 0 radical (unpaired) electrons. The molecule has 0 spiro atoms. The monoisotopic (exact) mass is 665 g/mol. The molecule has 2 saturated heterocycles. The van der Waals surface area contributed by atoms with Gasteiger partial charge >= 0.3 is 12.1 Å². The van der Waals surface area contributed by atoms with Crippen molar-refractivity contribution in [1.82, 2.24) is 9.21 Å². The first-order valence-electron chi connectivity index (χ1n) is 15.9. The van der Waals surface area contributed by atoms with Crippen molar-refractivity contribution in [2.45, 2.75) is 62.8 Å². The Hall–Kier alpha value is -3.74. The Bertz CT molecular complexity index is 1650. The second-order valence-electron chi connectivity index (χ2n) is 12.3. The number of sulfonamides is 1. The summed E-state index contributed by atoms with van der Waals surface area (Å²) in [6, 6.07) is 20.1. The van der Waals surface area contributed by atoms with Gasteiger partial charge in [0.25, 0.3) is 0 Å². The van der Waals surface area contributed by atoms with E-state index in [9.17, 15) is 27.9 Å². The maximum absolute atomic E-state index is 14.0. The van der Waals surface area contributed by atoms with Crippen LogP contribution in [0.4, 0.5) is 10.5 Å².